The van der Waals surface area contributed by atoms with E-state index in [0.717, 1.165) is 32.9 Å². The lowest BCUT2D eigenvalue weighted by atomic mass is 10.1. The number of carbonyl (C=O) groups is 1. The Morgan fingerprint density at radius 2 is 1.83 bits per heavy atom. The highest BCUT2D eigenvalue weighted by Gasteiger charge is 2.20. The monoisotopic (exact) mass is 462 g/mol. The summed E-state index contributed by atoms with van der Waals surface area (Å²) in [4.78, 5) is 19.1. The van der Waals surface area contributed by atoms with Gasteiger partial charge in [-0.05, 0) is 56.2 Å². The first-order chi connectivity index (χ1) is 14.4. The molecule has 0 saturated carbocycles. The predicted molar refractivity (Wildman–Crippen MR) is 124 cm³/mol. The molecule has 2 aromatic carbocycles. The number of fused-ring (bicyclic) bond motifs is 1. The molecule has 6 heteroatoms. The normalized spacial score (nSPS) is 11.1. The van der Waals surface area contributed by atoms with Crippen molar-refractivity contribution >= 4 is 38.9 Å². The van der Waals surface area contributed by atoms with E-state index < -0.39 is 5.91 Å². The van der Waals surface area contributed by atoms with Gasteiger partial charge in [0.25, 0.3) is 0 Å². The summed E-state index contributed by atoms with van der Waals surface area (Å²) >= 11 is 3.70. The molecule has 0 radical (unpaired) electrons. The molecule has 0 unspecified atom stereocenters. The van der Waals surface area contributed by atoms with E-state index in [4.69, 9.17) is 10.7 Å². The van der Waals surface area contributed by atoms with Crippen molar-refractivity contribution in [3.63, 3.8) is 0 Å². The third-order valence-electron chi connectivity index (χ3n) is 5.49. The largest absolute Gasteiger partial charge is 0.366 e. The number of benzene rings is 2. The van der Waals surface area contributed by atoms with Gasteiger partial charge >= 0.3 is 0 Å². The van der Waals surface area contributed by atoms with Crippen molar-refractivity contribution in [1.82, 2.24) is 9.38 Å². The topological polar surface area (TPSA) is 63.6 Å². The lowest BCUT2D eigenvalue weighted by Gasteiger charge is -2.27. The first-order valence-electron chi connectivity index (χ1n) is 9.72. The lowest BCUT2D eigenvalue weighted by Crippen LogP contribution is -2.20. The zero-order chi connectivity index (χ0) is 21.4. The molecular weight excluding hydrogens is 440 g/mol. The Labute approximate surface area is 184 Å². The fourth-order valence-electron chi connectivity index (χ4n) is 3.64. The van der Waals surface area contributed by atoms with Crippen LogP contribution in [0.25, 0.3) is 5.65 Å². The molecule has 2 aromatic heterocycles. The summed E-state index contributed by atoms with van der Waals surface area (Å²) in [5.41, 5.74) is 13.0. The molecule has 0 bridgehead atoms. The molecule has 0 atom stereocenters. The summed E-state index contributed by atoms with van der Waals surface area (Å²) in [5, 5.41) is 0. The van der Waals surface area contributed by atoms with Crippen LogP contribution in [0.3, 0.4) is 0 Å². The Bertz CT molecular complexity index is 1230. The average molecular weight is 463 g/mol. The molecule has 152 valence electrons. The number of para-hydroxylation sites is 1. The van der Waals surface area contributed by atoms with E-state index in [1.165, 1.54) is 11.1 Å². The van der Waals surface area contributed by atoms with Crippen LogP contribution in [0.4, 0.5) is 11.4 Å². The Kier molecular flexibility index (Phi) is 5.35. The molecule has 0 spiro atoms. The van der Waals surface area contributed by atoms with Crippen molar-refractivity contribution in [1.29, 1.82) is 0 Å². The minimum absolute atomic E-state index is 0.447. The standard InChI is InChI=1S/C24H23BrN4O/c1-15-8-7-11-21(25)20(15)14-29(19-9-5-4-6-10-19)22-12-18(23(26)30)13-28-17(3)16(2)27-24(22)28/h4-13H,14H2,1-3H3,(H2,26,30). The smallest absolute Gasteiger partial charge is 0.250 e. The Hall–Kier alpha value is -3.12. The Morgan fingerprint density at radius 1 is 1.10 bits per heavy atom. The molecule has 5 nitrogen and oxygen atoms in total. The van der Waals surface area contributed by atoms with Gasteiger partial charge in [0, 0.05) is 28.6 Å². The molecule has 1 amide bonds. The highest BCUT2D eigenvalue weighted by molar-refractivity contribution is 9.10. The van der Waals surface area contributed by atoms with E-state index in [1.54, 1.807) is 6.20 Å². The van der Waals surface area contributed by atoms with Crippen molar-refractivity contribution in [3.8, 4) is 0 Å². The summed E-state index contributed by atoms with van der Waals surface area (Å²) < 4.78 is 2.99. The quantitative estimate of drug-likeness (QED) is 0.428. The second-order valence-corrected chi connectivity index (χ2v) is 8.27. The third kappa shape index (κ3) is 3.59. The van der Waals surface area contributed by atoms with Crippen LogP contribution in [0.1, 0.15) is 32.9 Å². The SMILES string of the molecule is Cc1cccc(Br)c1CN(c1ccccc1)c1cc(C(N)=O)cn2c(C)c(C)nc12. The van der Waals surface area contributed by atoms with Gasteiger partial charge in [-0.3, -0.25) is 4.79 Å². The number of amides is 1. The molecule has 0 saturated heterocycles. The van der Waals surface area contributed by atoms with Gasteiger partial charge in [-0.25, -0.2) is 4.98 Å². The van der Waals surface area contributed by atoms with Crippen LogP contribution in [-0.2, 0) is 6.54 Å². The zero-order valence-electron chi connectivity index (χ0n) is 17.2. The van der Waals surface area contributed by atoms with Crippen LogP contribution >= 0.6 is 15.9 Å². The molecular formula is C24H23BrN4O. The van der Waals surface area contributed by atoms with Crippen molar-refractivity contribution in [2.45, 2.75) is 27.3 Å². The van der Waals surface area contributed by atoms with E-state index in [1.807, 2.05) is 54.6 Å². The maximum atomic E-state index is 12.1. The van der Waals surface area contributed by atoms with Crippen LogP contribution in [-0.4, -0.2) is 15.3 Å². The van der Waals surface area contributed by atoms with Gasteiger partial charge in [0.2, 0.25) is 5.91 Å². The van der Waals surface area contributed by atoms with Crippen LogP contribution in [0.2, 0.25) is 0 Å². The molecule has 0 aliphatic rings. The number of imidazole rings is 1. The number of primary amides is 1. The Morgan fingerprint density at radius 3 is 2.50 bits per heavy atom. The number of halogens is 1. The molecule has 30 heavy (non-hydrogen) atoms. The van der Waals surface area contributed by atoms with Crippen molar-refractivity contribution in [2.24, 2.45) is 5.73 Å². The van der Waals surface area contributed by atoms with E-state index in [-0.39, 0.29) is 0 Å². The van der Waals surface area contributed by atoms with Crippen molar-refractivity contribution in [2.75, 3.05) is 4.90 Å². The summed E-state index contributed by atoms with van der Waals surface area (Å²) in [6, 6.07) is 18.1. The van der Waals surface area contributed by atoms with E-state index in [0.29, 0.717) is 12.1 Å². The molecule has 0 aliphatic carbocycles. The highest BCUT2D eigenvalue weighted by atomic mass is 79.9. The van der Waals surface area contributed by atoms with Crippen LogP contribution in [0.15, 0.2) is 65.3 Å². The lowest BCUT2D eigenvalue weighted by molar-refractivity contribution is 0.1000. The summed E-state index contributed by atoms with van der Waals surface area (Å²) in [6.07, 6.45) is 1.77. The number of rotatable bonds is 5. The molecule has 2 N–H and O–H groups in total. The highest BCUT2D eigenvalue weighted by Crippen LogP contribution is 2.34. The number of carbonyl (C=O) groups excluding carboxylic acids is 1. The van der Waals surface area contributed by atoms with Crippen molar-refractivity contribution < 1.29 is 4.79 Å². The fraction of sp³-hybridized carbons (Fsp3) is 0.167. The predicted octanol–water partition coefficient (Wildman–Crippen LogP) is 5.46. The third-order valence-corrected chi connectivity index (χ3v) is 6.23. The zero-order valence-corrected chi connectivity index (χ0v) is 18.8. The first-order valence-corrected chi connectivity index (χ1v) is 10.5. The number of pyridine rings is 1. The van der Waals surface area contributed by atoms with Crippen LogP contribution in [0, 0.1) is 20.8 Å². The fourth-order valence-corrected chi connectivity index (χ4v) is 4.23. The number of aromatic nitrogens is 2. The van der Waals surface area contributed by atoms with Gasteiger partial charge in [-0.15, -0.1) is 0 Å². The van der Waals surface area contributed by atoms with Gasteiger partial charge in [0.05, 0.1) is 16.9 Å². The van der Waals surface area contributed by atoms with Gasteiger partial charge in [0.15, 0.2) is 5.65 Å². The van der Waals surface area contributed by atoms with E-state index in [9.17, 15) is 4.79 Å². The number of aryl methyl sites for hydroxylation is 3. The molecule has 4 aromatic rings. The van der Waals surface area contributed by atoms with Gasteiger partial charge in [-0.1, -0.05) is 46.3 Å². The van der Waals surface area contributed by atoms with Crippen LogP contribution < -0.4 is 10.6 Å². The van der Waals surface area contributed by atoms with E-state index >= 15 is 0 Å². The second kappa shape index (κ2) is 7.95. The second-order valence-electron chi connectivity index (χ2n) is 7.41. The summed E-state index contributed by atoms with van der Waals surface area (Å²) in [7, 11) is 0. The number of nitrogens with two attached hydrogens (primary N) is 1. The average Bonchev–Trinajstić information content (AvgIpc) is 3.02. The minimum Gasteiger partial charge on any atom is -0.366 e. The van der Waals surface area contributed by atoms with Crippen molar-refractivity contribution in [3.05, 3.63) is 93.3 Å². The molecule has 2 heterocycles. The summed E-state index contributed by atoms with van der Waals surface area (Å²) in [5.74, 6) is -0.464. The molecule has 4 rings (SSSR count). The minimum atomic E-state index is -0.464. The summed E-state index contributed by atoms with van der Waals surface area (Å²) in [6.45, 7) is 6.68. The van der Waals surface area contributed by atoms with E-state index in [2.05, 4.69) is 46.0 Å². The number of nitrogens with zero attached hydrogens (tertiary/aromatic N) is 3. The number of hydrogen-bond acceptors (Lipinski definition) is 3. The maximum Gasteiger partial charge on any atom is 0.250 e. The molecule has 0 aliphatic heterocycles. The number of hydrogen-bond donors (Lipinski definition) is 1. The first kappa shape index (κ1) is 20.2. The van der Waals surface area contributed by atoms with Crippen LogP contribution in [0.5, 0.6) is 0 Å². The van der Waals surface area contributed by atoms with Gasteiger partial charge in [-0.2, -0.15) is 0 Å². The number of anilines is 2. The Balaban J connectivity index is 1.99. The maximum absolute atomic E-state index is 12.1. The van der Waals surface area contributed by atoms with Gasteiger partial charge < -0.3 is 15.0 Å². The van der Waals surface area contributed by atoms with Gasteiger partial charge in [0.1, 0.15) is 0 Å². The molecule has 0 fully saturated rings.